The third-order valence-corrected chi connectivity index (χ3v) is 3.07. The Morgan fingerprint density at radius 2 is 2.11 bits per heavy atom. The number of para-hydroxylation sites is 1. The van der Waals surface area contributed by atoms with Crippen LogP contribution in [0.5, 0.6) is 0 Å². The number of benzene rings is 1. The first-order chi connectivity index (χ1) is 8.70. The van der Waals surface area contributed by atoms with Gasteiger partial charge in [-0.05, 0) is 40.2 Å². The second-order valence-corrected chi connectivity index (χ2v) is 4.45. The molecule has 2 aromatic rings. The lowest BCUT2D eigenvalue weighted by Crippen LogP contribution is -2.00. The number of esters is 1. The van der Waals surface area contributed by atoms with Crippen LogP contribution in [0.1, 0.15) is 16.3 Å². The Labute approximate surface area is 113 Å². The van der Waals surface area contributed by atoms with E-state index in [2.05, 4.69) is 26.0 Å². The van der Waals surface area contributed by atoms with Crippen molar-refractivity contribution in [3.63, 3.8) is 0 Å². The van der Waals surface area contributed by atoms with Crippen LogP contribution in [0.15, 0.2) is 45.3 Å². The van der Waals surface area contributed by atoms with E-state index in [1.165, 1.54) is 7.11 Å². The molecule has 1 aromatic heterocycles. The highest BCUT2D eigenvalue weighted by molar-refractivity contribution is 9.10. The maximum Gasteiger partial charge on any atom is 0.373 e. The van der Waals surface area contributed by atoms with E-state index in [-0.39, 0.29) is 5.76 Å². The Kier molecular flexibility index (Phi) is 4.04. The molecule has 1 heterocycles. The molecule has 0 aliphatic carbocycles. The van der Waals surface area contributed by atoms with Gasteiger partial charge in [0.25, 0.3) is 0 Å². The van der Waals surface area contributed by atoms with Gasteiger partial charge in [-0.3, -0.25) is 0 Å². The molecule has 0 spiro atoms. The minimum absolute atomic E-state index is 0.210. The molecule has 1 aromatic carbocycles. The van der Waals surface area contributed by atoms with Crippen LogP contribution in [-0.4, -0.2) is 13.1 Å². The van der Waals surface area contributed by atoms with E-state index in [9.17, 15) is 4.79 Å². The molecule has 18 heavy (non-hydrogen) atoms. The van der Waals surface area contributed by atoms with Crippen LogP contribution >= 0.6 is 15.9 Å². The summed E-state index contributed by atoms with van der Waals surface area (Å²) in [6.07, 6.45) is 0. The molecule has 5 heteroatoms. The van der Waals surface area contributed by atoms with Crippen molar-refractivity contribution in [1.82, 2.24) is 0 Å². The average molecular weight is 310 g/mol. The summed E-state index contributed by atoms with van der Waals surface area (Å²) in [7, 11) is 1.32. The van der Waals surface area contributed by atoms with Gasteiger partial charge in [-0.2, -0.15) is 0 Å². The van der Waals surface area contributed by atoms with Crippen LogP contribution in [0, 0.1) is 0 Å². The number of anilines is 1. The van der Waals surface area contributed by atoms with Crippen molar-refractivity contribution in [3.05, 3.63) is 52.4 Å². The van der Waals surface area contributed by atoms with Gasteiger partial charge in [-0.15, -0.1) is 0 Å². The zero-order valence-electron chi connectivity index (χ0n) is 9.77. The molecule has 0 saturated heterocycles. The maximum absolute atomic E-state index is 11.2. The second-order valence-electron chi connectivity index (χ2n) is 3.59. The van der Waals surface area contributed by atoms with Gasteiger partial charge in [-0.25, -0.2) is 4.79 Å². The van der Waals surface area contributed by atoms with Gasteiger partial charge in [0.1, 0.15) is 5.76 Å². The van der Waals surface area contributed by atoms with E-state index in [0.29, 0.717) is 12.3 Å². The van der Waals surface area contributed by atoms with Gasteiger partial charge in [0.15, 0.2) is 0 Å². The predicted octanol–water partition coefficient (Wildman–Crippen LogP) is 3.44. The SMILES string of the molecule is COC(=O)c1ccc(CNc2ccccc2Br)o1. The van der Waals surface area contributed by atoms with Crippen LogP contribution in [0.2, 0.25) is 0 Å². The lowest BCUT2D eigenvalue weighted by Gasteiger charge is -2.06. The van der Waals surface area contributed by atoms with Crippen LogP contribution in [-0.2, 0) is 11.3 Å². The molecular formula is C13H12BrNO3. The van der Waals surface area contributed by atoms with Crippen molar-refractivity contribution in [2.24, 2.45) is 0 Å². The van der Waals surface area contributed by atoms with E-state index in [1.54, 1.807) is 12.1 Å². The lowest BCUT2D eigenvalue weighted by molar-refractivity contribution is 0.0563. The monoisotopic (exact) mass is 309 g/mol. The molecule has 0 saturated carbocycles. The summed E-state index contributed by atoms with van der Waals surface area (Å²) >= 11 is 3.44. The third-order valence-electron chi connectivity index (χ3n) is 2.38. The first-order valence-electron chi connectivity index (χ1n) is 5.36. The number of methoxy groups -OCH3 is 1. The molecule has 0 unspecified atom stereocenters. The highest BCUT2D eigenvalue weighted by atomic mass is 79.9. The summed E-state index contributed by atoms with van der Waals surface area (Å²) in [4.78, 5) is 11.2. The first-order valence-corrected chi connectivity index (χ1v) is 6.15. The molecule has 0 aliphatic rings. The number of carbonyl (C=O) groups excluding carboxylic acids is 1. The summed E-state index contributed by atoms with van der Waals surface area (Å²) in [6.45, 7) is 0.500. The molecule has 0 bridgehead atoms. The Morgan fingerprint density at radius 3 is 2.83 bits per heavy atom. The summed E-state index contributed by atoms with van der Waals surface area (Å²) in [5.41, 5.74) is 0.966. The topological polar surface area (TPSA) is 51.5 Å². The Balaban J connectivity index is 2.01. The molecule has 0 fully saturated rings. The highest BCUT2D eigenvalue weighted by Gasteiger charge is 2.10. The minimum Gasteiger partial charge on any atom is -0.463 e. The standard InChI is InChI=1S/C13H12BrNO3/c1-17-13(16)12-7-6-9(18-12)8-15-11-5-3-2-4-10(11)14/h2-7,15H,8H2,1H3. The van der Waals surface area contributed by atoms with Crippen LogP contribution < -0.4 is 5.32 Å². The van der Waals surface area contributed by atoms with E-state index < -0.39 is 5.97 Å². The van der Waals surface area contributed by atoms with Gasteiger partial charge in [-0.1, -0.05) is 12.1 Å². The molecule has 1 N–H and O–H groups in total. The molecule has 0 amide bonds. The van der Waals surface area contributed by atoms with Crippen LogP contribution in [0.3, 0.4) is 0 Å². The molecule has 0 aliphatic heterocycles. The van der Waals surface area contributed by atoms with Crippen molar-refractivity contribution in [2.45, 2.75) is 6.54 Å². The summed E-state index contributed by atoms with van der Waals surface area (Å²) in [5, 5.41) is 3.21. The molecule has 94 valence electrons. The third kappa shape index (κ3) is 2.92. The molecule has 4 nitrogen and oxygen atoms in total. The van der Waals surface area contributed by atoms with Gasteiger partial charge in [0.05, 0.1) is 13.7 Å². The van der Waals surface area contributed by atoms with E-state index in [1.807, 2.05) is 24.3 Å². The van der Waals surface area contributed by atoms with E-state index in [4.69, 9.17) is 4.42 Å². The van der Waals surface area contributed by atoms with Crippen molar-refractivity contribution in [2.75, 3.05) is 12.4 Å². The average Bonchev–Trinajstić information content (AvgIpc) is 2.86. The quantitative estimate of drug-likeness (QED) is 0.879. The van der Waals surface area contributed by atoms with Crippen LogP contribution in [0.4, 0.5) is 5.69 Å². The van der Waals surface area contributed by atoms with Gasteiger partial charge in [0, 0.05) is 10.2 Å². The van der Waals surface area contributed by atoms with E-state index >= 15 is 0 Å². The number of halogens is 1. The Bertz CT molecular complexity index is 551. The molecule has 2 rings (SSSR count). The zero-order valence-corrected chi connectivity index (χ0v) is 11.4. The number of hydrogen-bond donors (Lipinski definition) is 1. The second kappa shape index (κ2) is 5.73. The zero-order chi connectivity index (χ0) is 13.0. The van der Waals surface area contributed by atoms with Gasteiger partial charge < -0.3 is 14.5 Å². The minimum atomic E-state index is -0.470. The van der Waals surface area contributed by atoms with Crippen molar-refractivity contribution >= 4 is 27.6 Å². The van der Waals surface area contributed by atoms with Gasteiger partial charge in [0.2, 0.25) is 5.76 Å². The lowest BCUT2D eigenvalue weighted by atomic mass is 10.3. The molecule has 0 atom stereocenters. The summed E-state index contributed by atoms with van der Waals surface area (Å²) in [6, 6.07) is 11.1. The number of nitrogens with one attached hydrogen (secondary N) is 1. The fourth-order valence-corrected chi connectivity index (χ4v) is 1.90. The summed E-state index contributed by atoms with van der Waals surface area (Å²) in [5.74, 6) is 0.412. The van der Waals surface area contributed by atoms with Crippen LogP contribution in [0.25, 0.3) is 0 Å². The Morgan fingerprint density at radius 1 is 1.33 bits per heavy atom. The summed E-state index contributed by atoms with van der Waals surface area (Å²) < 4.78 is 10.9. The normalized spacial score (nSPS) is 10.1. The smallest absolute Gasteiger partial charge is 0.373 e. The largest absolute Gasteiger partial charge is 0.463 e. The fourth-order valence-electron chi connectivity index (χ4n) is 1.47. The fraction of sp³-hybridized carbons (Fsp3) is 0.154. The van der Waals surface area contributed by atoms with Crippen molar-refractivity contribution in [1.29, 1.82) is 0 Å². The first kappa shape index (κ1) is 12.7. The van der Waals surface area contributed by atoms with E-state index in [0.717, 1.165) is 10.2 Å². The Hall–Kier alpha value is -1.75. The number of furan rings is 1. The highest BCUT2D eigenvalue weighted by Crippen LogP contribution is 2.22. The maximum atomic E-state index is 11.2. The number of ether oxygens (including phenoxy) is 1. The van der Waals surface area contributed by atoms with Gasteiger partial charge >= 0.3 is 5.97 Å². The molecular weight excluding hydrogens is 298 g/mol. The van der Waals surface area contributed by atoms with Crippen molar-refractivity contribution in [3.8, 4) is 0 Å². The number of hydrogen-bond acceptors (Lipinski definition) is 4. The van der Waals surface area contributed by atoms with Crippen molar-refractivity contribution < 1.29 is 13.9 Å². The number of rotatable bonds is 4. The number of carbonyl (C=O) groups is 1. The molecule has 0 radical (unpaired) electrons. The predicted molar refractivity (Wildman–Crippen MR) is 71.5 cm³/mol.